The van der Waals surface area contributed by atoms with Gasteiger partial charge in [-0.15, -0.1) is 0 Å². The van der Waals surface area contributed by atoms with Crippen LogP contribution in [0, 0.1) is 0 Å². The van der Waals surface area contributed by atoms with Gasteiger partial charge in [-0.1, -0.05) is 46.7 Å². The zero-order valence-electron chi connectivity index (χ0n) is 16.5. The second-order valence-electron chi connectivity index (χ2n) is 6.57. The average molecular weight is 569 g/mol. The van der Waals surface area contributed by atoms with Crippen LogP contribution in [0.15, 0.2) is 58.3 Å². The van der Waals surface area contributed by atoms with Gasteiger partial charge in [0.2, 0.25) is 0 Å². The summed E-state index contributed by atoms with van der Waals surface area (Å²) in [4.78, 5) is 50.9. The Bertz CT molecular complexity index is 1200. The molecule has 0 aliphatic carbocycles. The third-order valence-electron chi connectivity index (χ3n) is 4.38. The first-order chi connectivity index (χ1) is 16.2. The highest BCUT2D eigenvalue weighted by atomic mass is 35.5. The van der Waals surface area contributed by atoms with Crippen molar-refractivity contribution in [3.63, 3.8) is 0 Å². The van der Waals surface area contributed by atoms with Crippen molar-refractivity contribution in [3.8, 4) is 0 Å². The molecule has 2 aliphatic rings. The van der Waals surface area contributed by atoms with Crippen LogP contribution >= 0.6 is 71.2 Å². The molecule has 4 rings (SSSR count). The SMILES string of the molecule is O=C(NN1C(=O)/C(=C2\SC(=S)N(NC(=O)c3ccc(Cl)cc3)C2=O)SC1=S)c1ccc(Cl)cc1. The maximum absolute atomic E-state index is 13.0. The van der Waals surface area contributed by atoms with Gasteiger partial charge < -0.3 is 0 Å². The van der Waals surface area contributed by atoms with E-state index in [1.165, 1.54) is 48.5 Å². The molecule has 0 radical (unpaired) electrons. The topological polar surface area (TPSA) is 98.8 Å². The number of carbonyl (C=O) groups excluding carboxylic acids is 4. The summed E-state index contributed by atoms with van der Waals surface area (Å²) in [6.07, 6.45) is 0. The quantitative estimate of drug-likeness (QED) is 0.423. The molecule has 0 saturated carbocycles. The van der Waals surface area contributed by atoms with E-state index in [1.807, 2.05) is 0 Å². The van der Waals surface area contributed by atoms with Crippen LogP contribution in [-0.2, 0) is 9.59 Å². The van der Waals surface area contributed by atoms with Crippen LogP contribution in [0.5, 0.6) is 0 Å². The summed E-state index contributed by atoms with van der Waals surface area (Å²) in [6, 6.07) is 12.1. The third kappa shape index (κ3) is 4.97. The second-order valence-corrected chi connectivity index (χ2v) is 10.7. The fraction of sp³-hybridized carbons (Fsp3) is 0. The van der Waals surface area contributed by atoms with E-state index in [9.17, 15) is 19.2 Å². The van der Waals surface area contributed by atoms with E-state index < -0.39 is 23.6 Å². The van der Waals surface area contributed by atoms with E-state index >= 15 is 0 Å². The summed E-state index contributed by atoms with van der Waals surface area (Å²) in [5, 5.41) is 2.66. The summed E-state index contributed by atoms with van der Waals surface area (Å²) >= 11 is 23.8. The van der Waals surface area contributed by atoms with Crippen molar-refractivity contribution >= 4 is 103 Å². The third-order valence-corrected chi connectivity index (χ3v) is 7.76. The Morgan fingerprint density at radius 1 is 0.676 bits per heavy atom. The number of rotatable bonds is 4. The predicted octanol–water partition coefficient (Wildman–Crippen LogP) is 3.92. The molecule has 8 nitrogen and oxygen atoms in total. The summed E-state index contributed by atoms with van der Waals surface area (Å²) in [6.45, 7) is 0. The highest BCUT2D eigenvalue weighted by Gasteiger charge is 2.43. The Kier molecular flexibility index (Phi) is 7.26. The fourth-order valence-corrected chi connectivity index (χ4v) is 5.50. The molecule has 4 amide bonds. The molecule has 2 heterocycles. The van der Waals surface area contributed by atoms with Gasteiger partial charge in [0.05, 0.1) is 0 Å². The molecule has 2 aromatic rings. The van der Waals surface area contributed by atoms with Crippen molar-refractivity contribution in [3.05, 3.63) is 79.5 Å². The summed E-state index contributed by atoms with van der Waals surface area (Å²) < 4.78 is 0.0514. The van der Waals surface area contributed by atoms with Crippen molar-refractivity contribution in [2.45, 2.75) is 0 Å². The maximum atomic E-state index is 13.0. The second kappa shape index (κ2) is 10.0. The number of amides is 4. The Balaban J connectivity index is 1.50. The number of nitrogens with zero attached hydrogens (tertiary/aromatic N) is 2. The van der Waals surface area contributed by atoms with Gasteiger partial charge in [-0.25, -0.2) is 0 Å². The van der Waals surface area contributed by atoms with Crippen LogP contribution in [0.2, 0.25) is 10.0 Å². The number of carbonyl (C=O) groups is 4. The van der Waals surface area contributed by atoms with Crippen LogP contribution in [0.25, 0.3) is 0 Å². The molecule has 14 heteroatoms. The number of thiocarbonyl (C=S) groups is 2. The molecule has 172 valence electrons. The van der Waals surface area contributed by atoms with Crippen LogP contribution in [0.3, 0.4) is 0 Å². The summed E-state index contributed by atoms with van der Waals surface area (Å²) in [5.74, 6) is -2.56. The van der Waals surface area contributed by atoms with Gasteiger partial charge in [0.15, 0.2) is 8.64 Å². The number of hydrogen-bond acceptors (Lipinski definition) is 8. The lowest BCUT2D eigenvalue weighted by Gasteiger charge is -2.16. The Hall–Kier alpha value is -2.48. The normalized spacial score (nSPS) is 18.1. The molecule has 2 fully saturated rings. The number of hydrogen-bond donors (Lipinski definition) is 2. The minimum atomic E-state index is -0.693. The summed E-state index contributed by atoms with van der Waals surface area (Å²) in [5.41, 5.74) is 5.36. The van der Waals surface area contributed by atoms with Gasteiger partial charge in [0, 0.05) is 21.2 Å². The first-order valence-corrected chi connectivity index (χ1v) is 12.4. The number of hydrazine groups is 2. The van der Waals surface area contributed by atoms with Crippen molar-refractivity contribution in [1.82, 2.24) is 20.9 Å². The molecule has 0 unspecified atom stereocenters. The van der Waals surface area contributed by atoms with Gasteiger partial charge >= 0.3 is 0 Å². The number of nitrogens with one attached hydrogen (secondary N) is 2. The molecular formula is C20H10Cl2N4O4S4. The van der Waals surface area contributed by atoms with Crippen molar-refractivity contribution in [2.75, 3.05) is 0 Å². The molecule has 0 spiro atoms. The van der Waals surface area contributed by atoms with Crippen molar-refractivity contribution < 1.29 is 19.2 Å². The molecular weight excluding hydrogens is 559 g/mol. The van der Waals surface area contributed by atoms with Crippen molar-refractivity contribution in [2.24, 2.45) is 0 Å². The van der Waals surface area contributed by atoms with Crippen LogP contribution in [0.1, 0.15) is 20.7 Å². The number of benzene rings is 2. The van der Waals surface area contributed by atoms with E-state index in [0.29, 0.717) is 10.0 Å². The molecule has 2 saturated heterocycles. The van der Waals surface area contributed by atoms with E-state index in [2.05, 4.69) is 10.9 Å². The Morgan fingerprint density at radius 3 is 1.32 bits per heavy atom. The fourth-order valence-electron chi connectivity index (χ4n) is 2.74. The standard InChI is InChI=1S/C20H10Cl2N4O4S4/c21-11-5-1-9(2-6-11)15(27)23-25-17(29)13(33-19(25)31)14-18(30)26(20(32)34-14)24-16(28)10-3-7-12(22)8-4-10/h1-8H,(H,23,27)(H,24,28)/b14-13+. The minimum Gasteiger partial charge on any atom is -0.267 e. The monoisotopic (exact) mass is 568 g/mol. The number of halogens is 2. The van der Waals surface area contributed by atoms with Crippen LogP contribution in [-0.4, -0.2) is 42.3 Å². The molecule has 2 N–H and O–H groups in total. The minimum absolute atomic E-state index is 0.0120. The highest BCUT2D eigenvalue weighted by Crippen LogP contribution is 2.41. The lowest BCUT2D eigenvalue weighted by Crippen LogP contribution is -2.45. The Labute approximate surface area is 221 Å². The number of thioether (sulfide) groups is 2. The zero-order valence-corrected chi connectivity index (χ0v) is 21.3. The molecule has 2 aliphatic heterocycles. The largest absolute Gasteiger partial charge is 0.286 e. The molecule has 0 bridgehead atoms. The first-order valence-electron chi connectivity index (χ1n) is 9.15. The summed E-state index contributed by atoms with van der Waals surface area (Å²) in [7, 11) is 0. The van der Waals surface area contributed by atoms with E-state index in [1.54, 1.807) is 0 Å². The van der Waals surface area contributed by atoms with Crippen LogP contribution < -0.4 is 10.9 Å². The average Bonchev–Trinajstić information content (AvgIpc) is 3.24. The van der Waals surface area contributed by atoms with E-state index in [4.69, 9.17) is 47.6 Å². The smallest absolute Gasteiger partial charge is 0.267 e. The van der Waals surface area contributed by atoms with Gasteiger partial charge in [-0.3, -0.25) is 30.0 Å². The van der Waals surface area contributed by atoms with Gasteiger partial charge in [-0.2, -0.15) is 10.0 Å². The van der Waals surface area contributed by atoms with E-state index in [-0.39, 0.29) is 29.6 Å². The molecule has 0 atom stereocenters. The Morgan fingerprint density at radius 2 is 1.00 bits per heavy atom. The zero-order chi connectivity index (χ0) is 24.6. The maximum Gasteiger partial charge on any atom is 0.286 e. The van der Waals surface area contributed by atoms with Gasteiger partial charge in [0.1, 0.15) is 9.81 Å². The highest BCUT2D eigenvalue weighted by molar-refractivity contribution is 8.29. The van der Waals surface area contributed by atoms with Crippen molar-refractivity contribution in [1.29, 1.82) is 0 Å². The predicted molar refractivity (Wildman–Crippen MR) is 139 cm³/mol. The van der Waals surface area contributed by atoms with Gasteiger partial charge in [0.25, 0.3) is 23.6 Å². The lowest BCUT2D eigenvalue weighted by molar-refractivity contribution is -0.126. The van der Waals surface area contributed by atoms with E-state index in [0.717, 1.165) is 33.5 Å². The molecule has 0 aromatic heterocycles. The van der Waals surface area contributed by atoms with Crippen LogP contribution in [0.4, 0.5) is 0 Å². The molecule has 34 heavy (non-hydrogen) atoms. The molecule has 2 aromatic carbocycles. The lowest BCUT2D eigenvalue weighted by atomic mass is 10.2. The first kappa shape index (κ1) is 24.6. The van der Waals surface area contributed by atoms with Gasteiger partial charge in [-0.05, 0) is 73.0 Å².